The van der Waals surface area contributed by atoms with Gasteiger partial charge in [0.1, 0.15) is 11.5 Å². The van der Waals surface area contributed by atoms with Crippen molar-refractivity contribution in [2.75, 3.05) is 12.4 Å². The van der Waals surface area contributed by atoms with Crippen LogP contribution in [0, 0.1) is 6.92 Å². The summed E-state index contributed by atoms with van der Waals surface area (Å²) in [5.41, 5.74) is 3.16. The fourth-order valence-electron chi connectivity index (χ4n) is 4.01. The topological polar surface area (TPSA) is 118 Å². The summed E-state index contributed by atoms with van der Waals surface area (Å²) in [6.07, 6.45) is 1.46. The van der Waals surface area contributed by atoms with Gasteiger partial charge >= 0.3 is 17.8 Å². The van der Waals surface area contributed by atoms with Gasteiger partial charge in [0, 0.05) is 16.4 Å². The average molecular weight is 548 g/mol. The molecular weight excluding hydrogens is 522 g/mol. The normalized spacial score (nSPS) is 14.1. The number of ether oxygens (including phenoxy) is 1. The van der Waals surface area contributed by atoms with Gasteiger partial charge < -0.3 is 24.7 Å². The van der Waals surface area contributed by atoms with Crippen LogP contribution in [0.15, 0.2) is 81.9 Å². The summed E-state index contributed by atoms with van der Waals surface area (Å²) in [5, 5.41) is 5.35. The first-order valence-corrected chi connectivity index (χ1v) is 12.4. The third-order valence-electron chi connectivity index (χ3n) is 6.04. The molecule has 10 heteroatoms. The molecule has 0 saturated carbocycles. The van der Waals surface area contributed by atoms with E-state index in [2.05, 4.69) is 10.6 Å². The largest absolute Gasteiger partial charge is 0.465 e. The Morgan fingerprint density at radius 1 is 1.03 bits per heavy atom. The van der Waals surface area contributed by atoms with Gasteiger partial charge in [-0.1, -0.05) is 47.5 Å². The van der Waals surface area contributed by atoms with Crippen molar-refractivity contribution in [2.24, 2.45) is 0 Å². The van der Waals surface area contributed by atoms with E-state index in [0.717, 1.165) is 11.1 Å². The van der Waals surface area contributed by atoms with Crippen LogP contribution >= 0.6 is 11.6 Å². The fourth-order valence-corrected chi connectivity index (χ4v) is 4.20. The maximum absolute atomic E-state index is 13.3. The number of nitrogens with zero attached hydrogens (tertiary/aromatic N) is 1. The zero-order chi connectivity index (χ0) is 28.1. The number of benzene rings is 2. The summed E-state index contributed by atoms with van der Waals surface area (Å²) >= 11 is 5.89. The third-order valence-corrected chi connectivity index (χ3v) is 6.28. The molecular formula is C29H26ClN3O6. The molecule has 1 aliphatic heterocycles. The van der Waals surface area contributed by atoms with E-state index in [9.17, 15) is 19.2 Å². The van der Waals surface area contributed by atoms with Crippen molar-refractivity contribution in [3.63, 3.8) is 0 Å². The molecule has 2 N–H and O–H groups in total. The molecule has 0 saturated heterocycles. The molecule has 0 radical (unpaired) electrons. The number of anilines is 1. The Labute approximate surface area is 230 Å². The Morgan fingerprint density at radius 2 is 1.77 bits per heavy atom. The molecule has 4 rings (SSSR count). The second-order valence-corrected chi connectivity index (χ2v) is 9.27. The SMILES string of the molecule is COC(=O)C1=C(C)N(Cc2ccc(C)cc2)C(=O)/C1=C/c1ccc(CNC(=O)C(=O)Nc2cccc(Cl)c2)o1. The molecule has 0 fully saturated rings. The smallest absolute Gasteiger partial charge is 0.340 e. The second kappa shape index (κ2) is 11.8. The van der Waals surface area contributed by atoms with Gasteiger partial charge in [-0.05, 0) is 55.8 Å². The Kier molecular flexibility index (Phi) is 8.31. The van der Waals surface area contributed by atoms with Crippen molar-refractivity contribution >= 4 is 47.1 Å². The first-order valence-electron chi connectivity index (χ1n) is 12.0. The number of nitrogens with one attached hydrogen (secondary N) is 2. The van der Waals surface area contributed by atoms with E-state index in [1.807, 2.05) is 31.2 Å². The molecule has 0 unspecified atom stereocenters. The monoisotopic (exact) mass is 547 g/mol. The van der Waals surface area contributed by atoms with Gasteiger partial charge in [-0.2, -0.15) is 0 Å². The number of aryl methyl sites for hydroxylation is 1. The zero-order valence-electron chi connectivity index (χ0n) is 21.5. The van der Waals surface area contributed by atoms with Gasteiger partial charge in [-0.3, -0.25) is 14.4 Å². The molecule has 1 aromatic heterocycles. The highest BCUT2D eigenvalue weighted by Crippen LogP contribution is 2.33. The minimum Gasteiger partial charge on any atom is -0.465 e. The maximum atomic E-state index is 13.3. The van der Waals surface area contributed by atoms with Crippen LogP contribution in [0.4, 0.5) is 5.69 Å². The van der Waals surface area contributed by atoms with Crippen LogP contribution in [0.3, 0.4) is 0 Å². The lowest BCUT2D eigenvalue weighted by atomic mass is 10.1. The predicted octanol–water partition coefficient (Wildman–Crippen LogP) is 4.37. The Bertz CT molecular complexity index is 1500. The van der Waals surface area contributed by atoms with E-state index in [1.54, 1.807) is 37.3 Å². The number of hydrogen-bond donors (Lipinski definition) is 2. The molecule has 3 aromatic rings. The van der Waals surface area contributed by atoms with Gasteiger partial charge in [0.25, 0.3) is 5.91 Å². The van der Waals surface area contributed by atoms with E-state index < -0.39 is 17.8 Å². The van der Waals surface area contributed by atoms with Crippen LogP contribution in [0.25, 0.3) is 6.08 Å². The molecule has 0 spiro atoms. The molecule has 0 aliphatic carbocycles. The number of rotatable bonds is 7. The quantitative estimate of drug-likeness (QED) is 0.258. The number of carbonyl (C=O) groups is 4. The maximum Gasteiger partial charge on any atom is 0.340 e. The highest BCUT2D eigenvalue weighted by molar-refractivity contribution is 6.39. The highest BCUT2D eigenvalue weighted by Gasteiger charge is 2.37. The summed E-state index contributed by atoms with van der Waals surface area (Å²) in [6.45, 7) is 3.88. The number of carbonyl (C=O) groups excluding carboxylic acids is 4. The minimum atomic E-state index is -0.865. The number of allylic oxidation sites excluding steroid dienone is 1. The lowest BCUT2D eigenvalue weighted by Gasteiger charge is -2.18. The van der Waals surface area contributed by atoms with Crippen LogP contribution in [0.2, 0.25) is 5.02 Å². The summed E-state index contributed by atoms with van der Waals surface area (Å²) in [5.74, 6) is -2.10. The van der Waals surface area contributed by atoms with Crippen molar-refractivity contribution in [1.82, 2.24) is 10.2 Å². The van der Waals surface area contributed by atoms with Crippen LogP contribution in [-0.2, 0) is 37.0 Å². The molecule has 0 atom stereocenters. The lowest BCUT2D eigenvalue weighted by Crippen LogP contribution is -2.34. The predicted molar refractivity (Wildman–Crippen MR) is 145 cm³/mol. The van der Waals surface area contributed by atoms with Crippen LogP contribution in [-0.4, -0.2) is 35.7 Å². The van der Waals surface area contributed by atoms with Crippen LogP contribution < -0.4 is 10.6 Å². The minimum absolute atomic E-state index is 0.0722. The van der Waals surface area contributed by atoms with E-state index in [1.165, 1.54) is 24.2 Å². The van der Waals surface area contributed by atoms with Gasteiger partial charge in [0.15, 0.2) is 0 Å². The molecule has 2 aromatic carbocycles. The van der Waals surface area contributed by atoms with E-state index in [4.69, 9.17) is 20.8 Å². The molecule has 39 heavy (non-hydrogen) atoms. The first kappa shape index (κ1) is 27.4. The number of methoxy groups -OCH3 is 1. The third kappa shape index (κ3) is 6.45. The van der Waals surface area contributed by atoms with E-state index in [0.29, 0.717) is 22.2 Å². The number of hydrogen-bond acceptors (Lipinski definition) is 6. The number of halogens is 1. The first-order chi connectivity index (χ1) is 18.7. The zero-order valence-corrected chi connectivity index (χ0v) is 22.3. The van der Waals surface area contributed by atoms with Gasteiger partial charge in [0.05, 0.1) is 31.3 Å². The van der Waals surface area contributed by atoms with Gasteiger partial charge in [-0.15, -0.1) is 0 Å². The van der Waals surface area contributed by atoms with Gasteiger partial charge in [-0.25, -0.2) is 4.79 Å². The van der Waals surface area contributed by atoms with Gasteiger partial charge in [0.2, 0.25) is 0 Å². The van der Waals surface area contributed by atoms with Crippen molar-refractivity contribution in [2.45, 2.75) is 26.9 Å². The average Bonchev–Trinajstić information content (AvgIpc) is 3.46. The van der Waals surface area contributed by atoms with E-state index in [-0.39, 0.29) is 35.9 Å². The van der Waals surface area contributed by atoms with E-state index >= 15 is 0 Å². The summed E-state index contributed by atoms with van der Waals surface area (Å²) in [6, 6.07) is 17.4. The molecule has 200 valence electrons. The number of esters is 1. The second-order valence-electron chi connectivity index (χ2n) is 8.84. The standard InChI is InChI=1S/C29H26ClN3O6/c1-17-7-9-19(10-8-17)16-33-18(2)25(29(37)38-3)24(28(33)36)14-22-11-12-23(39-22)15-31-26(34)27(35)32-21-6-4-5-20(30)13-21/h4-14H,15-16H2,1-3H3,(H,31,34)(H,32,35)/b24-14+. The molecule has 3 amide bonds. The number of furan rings is 1. The lowest BCUT2D eigenvalue weighted by molar-refractivity contribution is -0.136. The Hall–Kier alpha value is -4.63. The Balaban J connectivity index is 1.46. The summed E-state index contributed by atoms with van der Waals surface area (Å²) in [7, 11) is 1.25. The fraction of sp³-hybridized carbons (Fsp3) is 0.172. The van der Waals surface area contributed by atoms with Crippen molar-refractivity contribution in [1.29, 1.82) is 0 Å². The van der Waals surface area contributed by atoms with Crippen LogP contribution in [0.5, 0.6) is 0 Å². The van der Waals surface area contributed by atoms with Crippen molar-refractivity contribution in [3.05, 3.63) is 105 Å². The Morgan fingerprint density at radius 3 is 2.46 bits per heavy atom. The van der Waals surface area contributed by atoms with Crippen LogP contribution in [0.1, 0.15) is 29.6 Å². The summed E-state index contributed by atoms with van der Waals surface area (Å²) in [4.78, 5) is 51.8. The van der Waals surface area contributed by atoms with Crippen molar-refractivity contribution in [3.8, 4) is 0 Å². The van der Waals surface area contributed by atoms with Crippen molar-refractivity contribution < 1.29 is 28.3 Å². The molecule has 2 heterocycles. The number of amides is 3. The highest BCUT2D eigenvalue weighted by atomic mass is 35.5. The summed E-state index contributed by atoms with van der Waals surface area (Å²) < 4.78 is 10.7. The molecule has 9 nitrogen and oxygen atoms in total. The molecule has 1 aliphatic rings. The molecule has 0 bridgehead atoms.